The monoisotopic (exact) mass is 385 g/mol. The van der Waals surface area contributed by atoms with Crippen LogP contribution in [-0.2, 0) is 17.6 Å². The second-order valence-corrected chi connectivity index (χ2v) is 7.07. The smallest absolute Gasteiger partial charge is 0.270 e. The van der Waals surface area contributed by atoms with E-state index in [4.69, 9.17) is 11.6 Å². The Morgan fingerprint density at radius 1 is 1.15 bits per heavy atom. The van der Waals surface area contributed by atoms with Gasteiger partial charge in [-0.15, -0.1) is 0 Å². The van der Waals surface area contributed by atoms with E-state index in [2.05, 4.69) is 5.32 Å². The van der Waals surface area contributed by atoms with Crippen molar-refractivity contribution < 1.29 is 14.5 Å². The van der Waals surface area contributed by atoms with Crippen LogP contribution in [0.4, 0.5) is 17.1 Å². The number of rotatable bonds is 3. The maximum atomic E-state index is 12.6. The number of aryl methyl sites for hydroxylation is 2. The van der Waals surface area contributed by atoms with Crippen LogP contribution in [0, 0.1) is 10.1 Å². The first-order valence-corrected chi connectivity index (χ1v) is 9.03. The van der Waals surface area contributed by atoms with Gasteiger partial charge >= 0.3 is 0 Å². The van der Waals surface area contributed by atoms with E-state index in [1.807, 2.05) is 17.0 Å². The number of nitrogens with one attached hydrogen (secondary N) is 1. The van der Waals surface area contributed by atoms with Gasteiger partial charge in [0.25, 0.3) is 11.6 Å². The van der Waals surface area contributed by atoms with Crippen molar-refractivity contribution in [1.82, 2.24) is 0 Å². The molecule has 0 spiro atoms. The van der Waals surface area contributed by atoms with Gasteiger partial charge in [0.2, 0.25) is 5.91 Å². The number of hydrogen-bond acceptors (Lipinski definition) is 4. The highest BCUT2D eigenvalue weighted by atomic mass is 35.5. The third-order valence-electron chi connectivity index (χ3n) is 4.94. The second-order valence-electron chi connectivity index (χ2n) is 6.67. The van der Waals surface area contributed by atoms with Crippen LogP contribution >= 0.6 is 11.6 Å². The van der Waals surface area contributed by atoms with Gasteiger partial charge in [0, 0.05) is 30.8 Å². The largest absolute Gasteiger partial charge is 0.322 e. The van der Waals surface area contributed by atoms with Crippen molar-refractivity contribution in [3.05, 3.63) is 62.2 Å². The summed E-state index contributed by atoms with van der Waals surface area (Å²) in [7, 11) is 0. The van der Waals surface area contributed by atoms with Crippen molar-refractivity contribution in [2.75, 3.05) is 16.8 Å². The van der Waals surface area contributed by atoms with E-state index < -0.39 is 10.8 Å². The molecule has 0 saturated carbocycles. The third-order valence-corrected chi connectivity index (χ3v) is 5.27. The van der Waals surface area contributed by atoms with Gasteiger partial charge in [0.05, 0.1) is 21.2 Å². The Balaban J connectivity index is 1.66. The molecule has 2 heterocycles. The maximum Gasteiger partial charge on any atom is 0.270 e. The molecule has 2 aliphatic rings. The Morgan fingerprint density at radius 3 is 2.63 bits per heavy atom. The van der Waals surface area contributed by atoms with Gasteiger partial charge in [-0.25, -0.2) is 0 Å². The molecule has 0 aromatic heterocycles. The molecule has 0 fully saturated rings. The quantitative estimate of drug-likeness (QED) is 0.643. The first kappa shape index (κ1) is 17.5. The van der Waals surface area contributed by atoms with Crippen LogP contribution in [-0.4, -0.2) is 23.3 Å². The molecule has 0 atom stereocenters. The fraction of sp³-hybridized carbons (Fsp3) is 0.263. The summed E-state index contributed by atoms with van der Waals surface area (Å²) < 4.78 is 0. The predicted octanol–water partition coefficient (Wildman–Crippen LogP) is 3.73. The van der Waals surface area contributed by atoms with E-state index in [9.17, 15) is 19.7 Å². The average molecular weight is 386 g/mol. The number of amides is 2. The van der Waals surface area contributed by atoms with Crippen molar-refractivity contribution in [2.24, 2.45) is 0 Å². The molecule has 1 N–H and O–H groups in total. The zero-order valence-corrected chi connectivity index (χ0v) is 15.1. The molecule has 0 radical (unpaired) electrons. The Bertz CT molecular complexity index is 972. The molecule has 2 amide bonds. The zero-order chi connectivity index (χ0) is 19.1. The van der Waals surface area contributed by atoms with Crippen LogP contribution in [0.25, 0.3) is 0 Å². The van der Waals surface area contributed by atoms with Crippen LogP contribution in [0.15, 0.2) is 30.3 Å². The number of non-ortho nitro benzene ring substituents is 1. The summed E-state index contributed by atoms with van der Waals surface area (Å²) in [5.41, 5.74) is 3.50. The van der Waals surface area contributed by atoms with Crippen molar-refractivity contribution in [2.45, 2.75) is 25.7 Å². The van der Waals surface area contributed by atoms with E-state index in [0.29, 0.717) is 18.5 Å². The fourth-order valence-corrected chi connectivity index (χ4v) is 3.93. The SMILES string of the molecule is O=C(Nc1cc2c3c(c1)CCC(=O)N3CCC2)c1cc([N+](=O)[O-])ccc1Cl. The number of nitrogens with zero attached hydrogens (tertiary/aromatic N) is 2. The van der Waals surface area contributed by atoms with Crippen molar-refractivity contribution >= 4 is 40.5 Å². The lowest BCUT2D eigenvalue weighted by Crippen LogP contribution is -2.39. The lowest BCUT2D eigenvalue weighted by molar-refractivity contribution is -0.384. The normalized spacial score (nSPS) is 15.3. The first-order chi connectivity index (χ1) is 12.9. The van der Waals surface area contributed by atoms with E-state index in [-0.39, 0.29) is 22.2 Å². The molecule has 0 saturated heterocycles. The highest BCUT2D eigenvalue weighted by Crippen LogP contribution is 2.38. The maximum absolute atomic E-state index is 12.6. The molecular formula is C19H16ClN3O4. The summed E-state index contributed by atoms with van der Waals surface area (Å²) in [4.78, 5) is 37.0. The molecule has 27 heavy (non-hydrogen) atoms. The lowest BCUT2D eigenvalue weighted by atomic mass is 9.91. The summed E-state index contributed by atoms with van der Waals surface area (Å²) in [5, 5.41) is 13.9. The van der Waals surface area contributed by atoms with E-state index in [0.717, 1.165) is 36.2 Å². The molecule has 2 aromatic carbocycles. The number of carbonyl (C=O) groups excluding carboxylic acids is 2. The Hall–Kier alpha value is -2.93. The van der Waals surface area contributed by atoms with Gasteiger partial charge in [-0.05, 0) is 48.6 Å². The molecule has 7 nitrogen and oxygen atoms in total. The van der Waals surface area contributed by atoms with Crippen LogP contribution in [0.1, 0.15) is 34.3 Å². The summed E-state index contributed by atoms with van der Waals surface area (Å²) in [6, 6.07) is 7.50. The van der Waals surface area contributed by atoms with E-state index in [1.54, 1.807) is 0 Å². The van der Waals surface area contributed by atoms with Gasteiger partial charge < -0.3 is 10.2 Å². The zero-order valence-electron chi connectivity index (χ0n) is 14.3. The van der Waals surface area contributed by atoms with Crippen LogP contribution in [0.2, 0.25) is 5.02 Å². The topological polar surface area (TPSA) is 92.6 Å². The predicted molar refractivity (Wildman–Crippen MR) is 101 cm³/mol. The summed E-state index contributed by atoms with van der Waals surface area (Å²) in [5.74, 6) is -0.362. The van der Waals surface area contributed by atoms with Gasteiger partial charge in [-0.1, -0.05) is 11.6 Å². The van der Waals surface area contributed by atoms with Crippen molar-refractivity contribution in [3.8, 4) is 0 Å². The van der Waals surface area contributed by atoms with Gasteiger partial charge in [0.1, 0.15) is 0 Å². The summed E-state index contributed by atoms with van der Waals surface area (Å²) >= 11 is 6.05. The average Bonchev–Trinajstić information content (AvgIpc) is 2.64. The molecular weight excluding hydrogens is 370 g/mol. The Labute approximate surface area is 160 Å². The molecule has 4 rings (SSSR count). The molecule has 2 aliphatic heterocycles. The molecule has 138 valence electrons. The number of anilines is 2. The molecule has 2 aromatic rings. The highest BCUT2D eigenvalue weighted by Gasteiger charge is 2.29. The van der Waals surface area contributed by atoms with Crippen molar-refractivity contribution in [1.29, 1.82) is 0 Å². The standard InChI is InChI=1S/C19H16ClN3O4/c20-16-5-4-14(23(26)27)10-15(16)19(25)21-13-8-11-2-1-7-22-17(24)6-3-12(9-13)18(11)22/h4-5,8-10H,1-3,6-7H2,(H,21,25). The minimum absolute atomic E-state index is 0.0500. The molecule has 0 bridgehead atoms. The number of hydrogen-bond donors (Lipinski definition) is 1. The number of halogens is 1. The third kappa shape index (κ3) is 3.14. The summed E-state index contributed by atoms with van der Waals surface area (Å²) in [6.07, 6.45) is 2.82. The molecule has 0 unspecified atom stereocenters. The first-order valence-electron chi connectivity index (χ1n) is 8.65. The highest BCUT2D eigenvalue weighted by molar-refractivity contribution is 6.34. The number of carbonyl (C=O) groups is 2. The Morgan fingerprint density at radius 2 is 1.89 bits per heavy atom. The number of nitro groups is 1. The van der Waals surface area contributed by atoms with Crippen LogP contribution < -0.4 is 10.2 Å². The summed E-state index contributed by atoms with van der Waals surface area (Å²) in [6.45, 7) is 0.730. The molecule has 8 heteroatoms. The Kier molecular flexibility index (Phi) is 4.31. The minimum atomic E-state index is -0.568. The minimum Gasteiger partial charge on any atom is -0.322 e. The van der Waals surface area contributed by atoms with Crippen LogP contribution in [0.3, 0.4) is 0 Å². The van der Waals surface area contributed by atoms with Gasteiger partial charge in [-0.3, -0.25) is 19.7 Å². The number of benzene rings is 2. The van der Waals surface area contributed by atoms with E-state index >= 15 is 0 Å². The second kappa shape index (κ2) is 6.66. The van der Waals surface area contributed by atoms with Gasteiger partial charge in [-0.2, -0.15) is 0 Å². The van der Waals surface area contributed by atoms with E-state index in [1.165, 1.54) is 18.2 Å². The fourth-order valence-electron chi connectivity index (χ4n) is 3.72. The van der Waals surface area contributed by atoms with Crippen LogP contribution in [0.5, 0.6) is 0 Å². The van der Waals surface area contributed by atoms with Gasteiger partial charge in [0.15, 0.2) is 0 Å². The number of nitro benzene ring substituents is 1. The molecule has 0 aliphatic carbocycles. The lowest BCUT2D eigenvalue weighted by Gasteiger charge is -2.35. The van der Waals surface area contributed by atoms with Crippen molar-refractivity contribution in [3.63, 3.8) is 0 Å².